The van der Waals surface area contributed by atoms with Crippen molar-refractivity contribution in [3.8, 4) is 11.6 Å². The molecule has 4 heteroatoms. The second-order valence-electron chi connectivity index (χ2n) is 9.83. The van der Waals surface area contributed by atoms with Gasteiger partial charge in [0, 0.05) is 27.6 Å². The number of hydrogen-bond acceptors (Lipinski definition) is 2. The largest absolute Gasteiger partial charge is 0.294 e. The molecule has 0 saturated heterocycles. The van der Waals surface area contributed by atoms with Crippen LogP contribution in [0.5, 0.6) is 0 Å². The number of hydrogen-bond donors (Lipinski definition) is 0. The van der Waals surface area contributed by atoms with Gasteiger partial charge in [-0.15, -0.1) is 0 Å². The summed E-state index contributed by atoms with van der Waals surface area (Å²) < 4.78 is 4.41. The number of aromatic nitrogens is 4. The lowest BCUT2D eigenvalue weighted by Gasteiger charge is -2.11. The van der Waals surface area contributed by atoms with Crippen LogP contribution in [-0.4, -0.2) is 19.1 Å². The Hall–Kier alpha value is -5.48. The third-order valence-corrected chi connectivity index (χ3v) is 7.67. The summed E-state index contributed by atoms with van der Waals surface area (Å²) >= 11 is 0. The van der Waals surface area contributed by atoms with Gasteiger partial charge in [-0.3, -0.25) is 9.13 Å². The molecule has 0 aliphatic rings. The normalized spacial score (nSPS) is 11.4. The van der Waals surface area contributed by atoms with E-state index in [9.17, 15) is 0 Å². The molecular weight excluding hydrogens is 488 g/mol. The summed E-state index contributed by atoms with van der Waals surface area (Å²) in [6, 6.07) is 27.7. The molecule has 0 aliphatic heterocycles. The minimum atomic E-state index is 0.795. The van der Waals surface area contributed by atoms with Gasteiger partial charge in [-0.25, -0.2) is 9.97 Å². The highest BCUT2D eigenvalue weighted by Crippen LogP contribution is 2.36. The molecule has 0 fully saturated rings. The minimum absolute atomic E-state index is 0.795. The van der Waals surface area contributed by atoms with Crippen LogP contribution in [0.25, 0.3) is 79.6 Å². The molecule has 3 heterocycles. The van der Waals surface area contributed by atoms with E-state index in [1.54, 1.807) is 6.33 Å². The van der Waals surface area contributed by atoms with Gasteiger partial charge in [0.2, 0.25) is 0 Å². The molecule has 0 unspecified atom stereocenters. The zero-order valence-electron chi connectivity index (χ0n) is 22.0. The SMILES string of the molecule is C=Cc1ccc2c(c1)c1cc(C=C)ccc1n2-c1cc(-n2c3ccc(C=C)cc3c3cc(C=C)ccc32)ncn1. The Morgan fingerprint density at radius 1 is 0.425 bits per heavy atom. The first-order valence-electron chi connectivity index (χ1n) is 13.1. The summed E-state index contributed by atoms with van der Waals surface area (Å²) in [5.41, 5.74) is 8.56. The molecule has 7 rings (SSSR count). The predicted octanol–water partition coefficient (Wildman–Crippen LogP) is 9.24. The van der Waals surface area contributed by atoms with E-state index < -0.39 is 0 Å². The van der Waals surface area contributed by atoms with E-state index in [2.05, 4.69) is 114 Å². The van der Waals surface area contributed by atoms with Crippen LogP contribution in [0.2, 0.25) is 0 Å². The van der Waals surface area contributed by atoms with Crippen molar-refractivity contribution in [2.75, 3.05) is 0 Å². The first-order chi connectivity index (χ1) is 19.6. The molecule has 0 bridgehead atoms. The predicted molar refractivity (Wildman–Crippen MR) is 171 cm³/mol. The monoisotopic (exact) mass is 514 g/mol. The van der Waals surface area contributed by atoms with Crippen LogP contribution in [0.15, 0.2) is 112 Å². The molecule has 3 aromatic heterocycles. The fourth-order valence-electron chi connectivity index (χ4n) is 5.70. The molecule has 0 radical (unpaired) electrons. The van der Waals surface area contributed by atoms with Crippen LogP contribution in [0, 0.1) is 0 Å². The molecule has 4 nitrogen and oxygen atoms in total. The minimum Gasteiger partial charge on any atom is -0.294 e. The molecule has 0 atom stereocenters. The van der Waals surface area contributed by atoms with Crippen molar-refractivity contribution < 1.29 is 0 Å². The van der Waals surface area contributed by atoms with Gasteiger partial charge in [0.1, 0.15) is 18.0 Å². The zero-order valence-corrected chi connectivity index (χ0v) is 22.0. The van der Waals surface area contributed by atoms with Gasteiger partial charge in [-0.1, -0.05) is 74.9 Å². The molecular formula is C36H26N4. The van der Waals surface area contributed by atoms with Gasteiger partial charge >= 0.3 is 0 Å². The Morgan fingerprint density at radius 3 is 1.00 bits per heavy atom. The van der Waals surface area contributed by atoms with Crippen LogP contribution in [0.3, 0.4) is 0 Å². The van der Waals surface area contributed by atoms with E-state index in [0.29, 0.717) is 0 Å². The molecule has 7 aromatic rings. The molecule has 4 aromatic carbocycles. The third-order valence-electron chi connectivity index (χ3n) is 7.67. The van der Waals surface area contributed by atoms with Gasteiger partial charge < -0.3 is 0 Å². The fourth-order valence-corrected chi connectivity index (χ4v) is 5.70. The smallest absolute Gasteiger partial charge is 0.143 e. The number of rotatable bonds is 6. The van der Waals surface area contributed by atoms with Crippen molar-refractivity contribution in [2.24, 2.45) is 0 Å². The quantitative estimate of drug-likeness (QED) is 0.222. The maximum Gasteiger partial charge on any atom is 0.143 e. The highest BCUT2D eigenvalue weighted by molar-refractivity contribution is 6.11. The maximum absolute atomic E-state index is 4.76. The Kier molecular flexibility index (Phi) is 5.36. The number of fused-ring (bicyclic) bond motifs is 6. The summed E-state index contributed by atoms with van der Waals surface area (Å²) in [7, 11) is 0. The Morgan fingerprint density at radius 2 is 0.725 bits per heavy atom. The molecule has 0 amide bonds. The summed E-state index contributed by atoms with van der Waals surface area (Å²) in [5.74, 6) is 1.59. The fraction of sp³-hybridized carbons (Fsp3) is 0. The van der Waals surface area contributed by atoms with Crippen LogP contribution in [-0.2, 0) is 0 Å². The summed E-state index contributed by atoms with van der Waals surface area (Å²) in [5, 5.41) is 4.56. The first kappa shape index (κ1) is 23.6. The molecule has 0 saturated carbocycles. The first-order valence-corrected chi connectivity index (χ1v) is 13.1. The van der Waals surface area contributed by atoms with Crippen molar-refractivity contribution >= 4 is 67.9 Å². The van der Waals surface area contributed by atoms with Gasteiger partial charge in [0.25, 0.3) is 0 Å². The Balaban J connectivity index is 1.53. The summed E-state index contributed by atoms with van der Waals surface area (Å²) in [4.78, 5) is 9.53. The molecule has 0 spiro atoms. The van der Waals surface area contributed by atoms with Crippen molar-refractivity contribution in [1.82, 2.24) is 19.1 Å². The van der Waals surface area contributed by atoms with E-state index in [1.165, 1.54) is 0 Å². The number of nitrogens with zero attached hydrogens (tertiary/aromatic N) is 4. The van der Waals surface area contributed by atoms with E-state index in [1.807, 2.05) is 24.3 Å². The Bertz CT molecular complexity index is 1910. The van der Waals surface area contributed by atoms with E-state index in [4.69, 9.17) is 9.97 Å². The third kappa shape index (κ3) is 3.47. The molecule has 190 valence electrons. The lowest BCUT2D eigenvalue weighted by atomic mass is 10.1. The summed E-state index contributed by atoms with van der Waals surface area (Å²) in [6.45, 7) is 15.9. The Labute approximate surface area is 232 Å². The second kappa shape index (κ2) is 9.07. The van der Waals surface area contributed by atoms with Crippen LogP contribution in [0.1, 0.15) is 22.3 Å². The van der Waals surface area contributed by atoms with Crippen molar-refractivity contribution in [1.29, 1.82) is 0 Å². The topological polar surface area (TPSA) is 35.6 Å². The average molecular weight is 515 g/mol. The van der Waals surface area contributed by atoms with Gasteiger partial charge in [-0.05, 0) is 70.8 Å². The van der Waals surface area contributed by atoms with Crippen LogP contribution in [0.4, 0.5) is 0 Å². The van der Waals surface area contributed by atoms with Gasteiger partial charge in [-0.2, -0.15) is 0 Å². The highest BCUT2D eigenvalue weighted by Gasteiger charge is 2.17. The zero-order chi connectivity index (χ0) is 27.4. The van der Waals surface area contributed by atoms with Crippen molar-refractivity contribution in [3.63, 3.8) is 0 Å². The molecule has 40 heavy (non-hydrogen) atoms. The van der Waals surface area contributed by atoms with Gasteiger partial charge in [0.15, 0.2) is 0 Å². The summed E-state index contributed by atoms with van der Waals surface area (Å²) in [6.07, 6.45) is 9.15. The van der Waals surface area contributed by atoms with Gasteiger partial charge in [0.05, 0.1) is 22.1 Å². The lowest BCUT2D eigenvalue weighted by molar-refractivity contribution is 0.987. The van der Waals surface area contributed by atoms with E-state index in [0.717, 1.165) is 77.5 Å². The van der Waals surface area contributed by atoms with E-state index in [-0.39, 0.29) is 0 Å². The number of benzene rings is 4. The van der Waals surface area contributed by atoms with Crippen LogP contribution >= 0.6 is 0 Å². The standard InChI is InChI=1S/C36H26N4/c1-5-23-9-13-31-27(17-23)28-18-24(6-2)10-14-32(28)39(31)35-21-36(38-22-37-35)40-33-15-11-25(7-3)19-29(33)30-20-26(8-4)12-16-34(30)40/h5-22H,1-4H2. The van der Waals surface area contributed by atoms with Crippen LogP contribution < -0.4 is 0 Å². The second-order valence-corrected chi connectivity index (χ2v) is 9.83. The lowest BCUT2D eigenvalue weighted by Crippen LogP contribution is -2.03. The molecule has 0 aliphatic carbocycles. The van der Waals surface area contributed by atoms with E-state index >= 15 is 0 Å². The van der Waals surface area contributed by atoms with Crippen molar-refractivity contribution in [2.45, 2.75) is 0 Å². The molecule has 0 N–H and O–H groups in total. The average Bonchev–Trinajstić information content (AvgIpc) is 3.51. The van der Waals surface area contributed by atoms with Crippen molar-refractivity contribution in [3.05, 3.63) is 134 Å². The highest BCUT2D eigenvalue weighted by atomic mass is 15.1. The maximum atomic E-state index is 4.76.